The highest BCUT2D eigenvalue weighted by Gasteiger charge is 2.42. The summed E-state index contributed by atoms with van der Waals surface area (Å²) in [6.45, 7) is 6.51. The highest BCUT2D eigenvalue weighted by molar-refractivity contribution is 7.73. The monoisotopic (exact) mass is 620 g/mol. The van der Waals surface area contributed by atoms with E-state index in [0.717, 1.165) is 6.66 Å². The lowest BCUT2D eigenvalue weighted by Gasteiger charge is -2.31. The summed E-state index contributed by atoms with van der Waals surface area (Å²) in [7, 11) is -9.98. The third-order valence-electron chi connectivity index (χ3n) is 5.93. The molecule has 0 aromatic carbocycles. The maximum absolute atomic E-state index is 12.6. The predicted molar refractivity (Wildman–Crippen MR) is 149 cm³/mol. The summed E-state index contributed by atoms with van der Waals surface area (Å²) in [4.78, 5) is 74.7. The van der Waals surface area contributed by atoms with Crippen molar-refractivity contribution in [2.24, 2.45) is 5.92 Å². The largest absolute Gasteiger partial charge is 0.480 e. The van der Waals surface area contributed by atoms with E-state index in [1.165, 1.54) is 18.6 Å². The standard InChI is InChI=1S/C22H39BN6O10P2/c1-16(2)13-18(27-20(31)15-26-21(32)17-14-24-6-7-25-17)23-38-11-9-29(10-12-39-23)8-4-5-19(30)28-22(40(3,33)34)41(35,36)37/h6-7,14,16,18,22H,4-5,8-13,15H2,1-3H3,(H,26,32)(H,27,31)(H,28,30)(H,33,34)(H2,35,36,37)/t18-,22?/m1/s1. The highest BCUT2D eigenvalue weighted by Crippen LogP contribution is 2.58. The van der Waals surface area contributed by atoms with Gasteiger partial charge < -0.3 is 39.9 Å². The van der Waals surface area contributed by atoms with Crippen molar-refractivity contribution in [1.82, 2.24) is 30.8 Å². The van der Waals surface area contributed by atoms with Gasteiger partial charge in [0.05, 0.1) is 18.7 Å². The van der Waals surface area contributed by atoms with Gasteiger partial charge >= 0.3 is 14.7 Å². The minimum absolute atomic E-state index is 0.0955. The van der Waals surface area contributed by atoms with Crippen molar-refractivity contribution in [2.45, 2.75) is 44.6 Å². The van der Waals surface area contributed by atoms with Crippen LogP contribution in [-0.2, 0) is 28.0 Å². The second kappa shape index (κ2) is 16.4. The molecule has 230 valence electrons. The third kappa shape index (κ3) is 13.1. The van der Waals surface area contributed by atoms with Gasteiger partial charge in [-0.2, -0.15) is 0 Å². The van der Waals surface area contributed by atoms with Gasteiger partial charge in [0, 0.05) is 51.8 Å². The molecule has 16 nitrogen and oxygen atoms in total. The van der Waals surface area contributed by atoms with Crippen molar-refractivity contribution in [3.8, 4) is 0 Å². The smallest absolute Gasteiger partial charge is 0.408 e. The molecule has 1 aliphatic heterocycles. The normalized spacial score (nSPS) is 18.0. The van der Waals surface area contributed by atoms with Crippen molar-refractivity contribution in [3.63, 3.8) is 0 Å². The third-order valence-corrected chi connectivity index (χ3v) is 9.92. The maximum atomic E-state index is 12.6. The molecule has 0 aliphatic carbocycles. The average molecular weight is 620 g/mol. The van der Waals surface area contributed by atoms with Crippen LogP contribution in [-0.4, -0.2) is 112 Å². The Hall–Kier alpha value is -2.23. The summed E-state index contributed by atoms with van der Waals surface area (Å²) >= 11 is 0. The molecule has 0 saturated carbocycles. The van der Waals surface area contributed by atoms with E-state index in [4.69, 9.17) is 9.31 Å². The molecule has 2 unspecified atom stereocenters. The second-order valence-corrected chi connectivity index (χ2v) is 14.6. The van der Waals surface area contributed by atoms with Crippen molar-refractivity contribution in [3.05, 3.63) is 24.3 Å². The lowest BCUT2D eigenvalue weighted by Crippen LogP contribution is -2.54. The van der Waals surface area contributed by atoms with Crippen LogP contribution in [0, 0.1) is 5.92 Å². The summed E-state index contributed by atoms with van der Waals surface area (Å²) in [6, 6.07) is 0. The Kier molecular flexibility index (Phi) is 14.0. The van der Waals surface area contributed by atoms with E-state index < -0.39 is 51.3 Å². The minimum Gasteiger partial charge on any atom is -0.408 e. The molecule has 6 N–H and O–H groups in total. The number of rotatable bonds is 14. The van der Waals surface area contributed by atoms with Gasteiger partial charge in [0.25, 0.3) is 5.91 Å². The van der Waals surface area contributed by atoms with E-state index in [1.807, 2.05) is 24.1 Å². The van der Waals surface area contributed by atoms with Crippen LogP contribution in [0.25, 0.3) is 0 Å². The number of nitrogens with one attached hydrogen (secondary N) is 3. The van der Waals surface area contributed by atoms with Crippen molar-refractivity contribution < 1.29 is 47.5 Å². The number of amides is 3. The fourth-order valence-corrected chi connectivity index (χ4v) is 6.97. The second-order valence-electron chi connectivity index (χ2n) is 10.1. The van der Waals surface area contributed by atoms with Gasteiger partial charge in [-0.05, 0) is 25.3 Å². The minimum atomic E-state index is -5.01. The number of hydrogen-bond donors (Lipinski definition) is 6. The quantitative estimate of drug-likeness (QED) is 0.113. The van der Waals surface area contributed by atoms with Gasteiger partial charge in [0.1, 0.15) is 5.69 Å². The van der Waals surface area contributed by atoms with E-state index >= 15 is 0 Å². The van der Waals surface area contributed by atoms with E-state index in [1.54, 1.807) is 0 Å². The van der Waals surface area contributed by atoms with Crippen LogP contribution >= 0.6 is 15.0 Å². The molecule has 1 aromatic rings. The molecule has 0 radical (unpaired) electrons. The van der Waals surface area contributed by atoms with Crippen LogP contribution in [0.15, 0.2) is 18.6 Å². The van der Waals surface area contributed by atoms with Gasteiger partial charge in [-0.15, -0.1) is 0 Å². The van der Waals surface area contributed by atoms with Gasteiger partial charge in [-0.25, -0.2) is 4.98 Å². The van der Waals surface area contributed by atoms with Gasteiger partial charge in [-0.1, -0.05) is 13.8 Å². The van der Waals surface area contributed by atoms with Gasteiger partial charge in [0.15, 0.2) is 0 Å². The Bertz CT molecular complexity index is 1070. The van der Waals surface area contributed by atoms with Crippen LogP contribution in [0.5, 0.6) is 0 Å². The van der Waals surface area contributed by atoms with Gasteiger partial charge in [-0.3, -0.25) is 33.4 Å². The number of aromatic nitrogens is 2. The zero-order chi connectivity index (χ0) is 30.6. The summed E-state index contributed by atoms with van der Waals surface area (Å²) < 4.78 is 35.1. The molecule has 19 heteroatoms. The fraction of sp³-hybridized carbons (Fsp3) is 0.682. The first-order chi connectivity index (χ1) is 19.2. The first-order valence-electron chi connectivity index (χ1n) is 13.1. The number of carbonyl (C=O) groups excluding carboxylic acids is 3. The summed E-state index contributed by atoms with van der Waals surface area (Å²) in [6.07, 6.45) is 4.91. The topological polar surface area (TPSA) is 230 Å². The molecule has 2 heterocycles. The lowest BCUT2D eigenvalue weighted by molar-refractivity contribution is -0.121. The van der Waals surface area contributed by atoms with Gasteiger partial charge in [0.2, 0.25) is 24.7 Å². The Morgan fingerprint density at radius 3 is 2.27 bits per heavy atom. The molecule has 41 heavy (non-hydrogen) atoms. The summed E-state index contributed by atoms with van der Waals surface area (Å²) in [5, 5.41) is 7.37. The Balaban J connectivity index is 1.80. The SMILES string of the molecule is CC(C)C[C@@H](NC(=O)CNC(=O)c1cnccn1)B1OCCN(CCCC(=O)NC(P(C)(=O)O)P(=O)(O)O)CCO1. The number of carbonyl (C=O) groups is 3. The molecule has 1 fully saturated rings. The van der Waals surface area contributed by atoms with Crippen LogP contribution in [0.1, 0.15) is 43.6 Å². The van der Waals surface area contributed by atoms with Crippen LogP contribution in [0.4, 0.5) is 0 Å². The summed E-state index contributed by atoms with van der Waals surface area (Å²) in [5.74, 6) is -1.93. The number of hydrogen-bond acceptors (Lipinski definition) is 10. The van der Waals surface area contributed by atoms with Crippen molar-refractivity contribution in [1.29, 1.82) is 0 Å². The Morgan fingerprint density at radius 1 is 1.07 bits per heavy atom. The van der Waals surface area contributed by atoms with E-state index in [-0.39, 0.29) is 37.8 Å². The maximum Gasteiger partial charge on any atom is 0.480 e. The van der Waals surface area contributed by atoms with E-state index in [9.17, 15) is 38.2 Å². The average Bonchev–Trinajstić information content (AvgIpc) is 2.85. The molecule has 3 atom stereocenters. The first-order valence-corrected chi connectivity index (χ1v) is 17.0. The van der Waals surface area contributed by atoms with Crippen LogP contribution in [0.2, 0.25) is 0 Å². The van der Waals surface area contributed by atoms with Crippen LogP contribution < -0.4 is 16.0 Å². The Morgan fingerprint density at radius 2 is 1.73 bits per heavy atom. The molecule has 2 rings (SSSR count). The van der Waals surface area contributed by atoms with E-state index in [0.29, 0.717) is 32.5 Å². The zero-order valence-electron chi connectivity index (χ0n) is 23.3. The molecular formula is C22H39BN6O10P2. The Labute approximate surface area is 239 Å². The van der Waals surface area contributed by atoms with Crippen molar-refractivity contribution >= 4 is 39.8 Å². The lowest BCUT2D eigenvalue weighted by atomic mass is 9.73. The van der Waals surface area contributed by atoms with Crippen LogP contribution in [0.3, 0.4) is 0 Å². The molecular weight excluding hydrogens is 581 g/mol. The molecule has 3 amide bonds. The summed E-state index contributed by atoms with van der Waals surface area (Å²) in [5.41, 5.74) is -2.05. The fourth-order valence-electron chi connectivity index (χ4n) is 4.05. The predicted octanol–water partition coefficient (Wildman–Crippen LogP) is -0.629. The molecule has 0 spiro atoms. The molecule has 1 aromatic heterocycles. The first kappa shape index (κ1) is 35.0. The number of nitrogens with zero attached hydrogens (tertiary/aromatic N) is 3. The molecule has 1 saturated heterocycles. The zero-order valence-corrected chi connectivity index (χ0v) is 25.1. The molecule has 1 aliphatic rings. The van der Waals surface area contributed by atoms with Crippen molar-refractivity contribution in [2.75, 3.05) is 46.1 Å². The molecule has 0 bridgehead atoms. The van der Waals surface area contributed by atoms with E-state index in [2.05, 4.69) is 20.6 Å². The highest BCUT2D eigenvalue weighted by atomic mass is 31.2.